The molecule has 26 heavy (non-hydrogen) atoms. The van der Waals surface area contributed by atoms with Gasteiger partial charge >= 0.3 is 0 Å². The molecule has 0 amide bonds. The van der Waals surface area contributed by atoms with Crippen LogP contribution in [0.25, 0.3) is 0 Å². The van der Waals surface area contributed by atoms with Gasteiger partial charge in [-0.05, 0) is 18.1 Å². The molecular weight excluding hydrogens is 328 g/mol. The van der Waals surface area contributed by atoms with Crippen LogP contribution in [0, 0.1) is 0 Å². The summed E-state index contributed by atoms with van der Waals surface area (Å²) in [5, 5.41) is 0. The number of benzene rings is 2. The van der Waals surface area contributed by atoms with Gasteiger partial charge in [-0.2, -0.15) is 0 Å². The van der Waals surface area contributed by atoms with Crippen molar-refractivity contribution in [3.05, 3.63) is 71.8 Å². The van der Waals surface area contributed by atoms with Crippen molar-refractivity contribution in [2.24, 2.45) is 0 Å². The molecule has 1 aliphatic heterocycles. The normalized spacial score (nSPS) is 25.9. The van der Waals surface area contributed by atoms with E-state index in [9.17, 15) is 0 Å². The number of hydrogen-bond donors (Lipinski definition) is 0. The fraction of sp³-hybridized carbons (Fsp3) is 0.455. The largest absolute Gasteiger partial charge is 0.376 e. The Morgan fingerprint density at radius 1 is 0.962 bits per heavy atom. The number of methoxy groups -OCH3 is 1. The second kappa shape index (κ2) is 9.28. The highest BCUT2D eigenvalue weighted by Crippen LogP contribution is 2.32. The average molecular weight is 356 g/mol. The van der Waals surface area contributed by atoms with Gasteiger partial charge in [0.15, 0.2) is 0 Å². The van der Waals surface area contributed by atoms with E-state index in [1.165, 1.54) is 0 Å². The van der Waals surface area contributed by atoms with Crippen LogP contribution in [-0.4, -0.2) is 38.1 Å². The minimum absolute atomic E-state index is 0.0484. The minimum Gasteiger partial charge on any atom is -0.376 e. The maximum atomic E-state index is 6.26. The summed E-state index contributed by atoms with van der Waals surface area (Å²) in [5.74, 6) is 0. The van der Waals surface area contributed by atoms with Gasteiger partial charge in [-0.1, -0.05) is 60.7 Å². The third kappa shape index (κ3) is 4.71. The molecule has 0 saturated carbocycles. The van der Waals surface area contributed by atoms with E-state index in [1.54, 1.807) is 7.11 Å². The van der Waals surface area contributed by atoms with Gasteiger partial charge in [0.2, 0.25) is 0 Å². The Morgan fingerprint density at radius 2 is 1.58 bits per heavy atom. The lowest BCUT2D eigenvalue weighted by molar-refractivity contribution is -0.237. The third-order valence-electron chi connectivity index (χ3n) is 4.99. The van der Waals surface area contributed by atoms with Crippen molar-refractivity contribution in [1.82, 2.24) is 0 Å². The molecule has 3 rings (SSSR count). The highest BCUT2D eigenvalue weighted by Gasteiger charge is 2.46. The quantitative estimate of drug-likeness (QED) is 0.717. The lowest BCUT2D eigenvalue weighted by Crippen LogP contribution is -2.58. The SMILES string of the molecule is CO[C@@]1(COCc2ccccc2)CCO[C@H](C)C1OCc1ccccc1. The third-order valence-corrected chi connectivity index (χ3v) is 4.99. The van der Waals surface area contributed by atoms with Crippen LogP contribution in [0.2, 0.25) is 0 Å². The summed E-state index contributed by atoms with van der Waals surface area (Å²) in [6, 6.07) is 20.4. The first kappa shape index (κ1) is 19.1. The van der Waals surface area contributed by atoms with Crippen LogP contribution in [0.5, 0.6) is 0 Å². The summed E-state index contributed by atoms with van der Waals surface area (Å²) in [7, 11) is 1.74. The Hall–Kier alpha value is -1.72. The maximum Gasteiger partial charge on any atom is 0.122 e. The van der Waals surface area contributed by atoms with Crippen LogP contribution in [0.3, 0.4) is 0 Å². The Morgan fingerprint density at radius 3 is 2.19 bits per heavy atom. The zero-order valence-electron chi connectivity index (χ0n) is 15.6. The number of rotatable bonds is 8. The highest BCUT2D eigenvalue weighted by molar-refractivity contribution is 5.14. The van der Waals surface area contributed by atoms with Crippen LogP contribution in [-0.2, 0) is 32.2 Å². The molecule has 1 fully saturated rings. The van der Waals surface area contributed by atoms with E-state index in [2.05, 4.69) is 24.3 Å². The zero-order chi connectivity index (χ0) is 18.2. The van der Waals surface area contributed by atoms with Gasteiger partial charge in [0.05, 0.1) is 25.9 Å². The summed E-state index contributed by atoms with van der Waals surface area (Å²) >= 11 is 0. The summed E-state index contributed by atoms with van der Waals surface area (Å²) in [5.41, 5.74) is 1.79. The fourth-order valence-electron chi connectivity index (χ4n) is 3.47. The van der Waals surface area contributed by atoms with Crippen molar-refractivity contribution in [2.75, 3.05) is 20.3 Å². The lowest BCUT2D eigenvalue weighted by Gasteiger charge is -2.45. The highest BCUT2D eigenvalue weighted by atomic mass is 16.6. The minimum atomic E-state index is -0.499. The maximum absolute atomic E-state index is 6.26. The Kier molecular flexibility index (Phi) is 6.80. The van der Waals surface area contributed by atoms with Crippen molar-refractivity contribution >= 4 is 0 Å². The standard InChI is InChI=1S/C22H28O4/c1-18-21(26-16-20-11-7-4-8-12-20)22(23-2,13-14-25-18)17-24-15-19-9-5-3-6-10-19/h3-12,18,21H,13-17H2,1-2H3/t18-,21?,22-/m1/s1. The van der Waals surface area contributed by atoms with Crippen LogP contribution in [0.1, 0.15) is 24.5 Å². The molecule has 0 aromatic heterocycles. The first-order valence-corrected chi connectivity index (χ1v) is 9.17. The van der Waals surface area contributed by atoms with E-state index in [-0.39, 0.29) is 12.2 Å². The van der Waals surface area contributed by atoms with Gasteiger partial charge in [0, 0.05) is 20.1 Å². The molecule has 0 aliphatic carbocycles. The van der Waals surface area contributed by atoms with E-state index in [0.717, 1.165) is 17.5 Å². The molecule has 0 spiro atoms. The molecule has 2 aromatic rings. The summed E-state index contributed by atoms with van der Waals surface area (Å²) in [6.07, 6.45) is 0.521. The molecule has 1 aliphatic rings. The predicted octanol–water partition coefficient (Wildman–Crippen LogP) is 3.98. The van der Waals surface area contributed by atoms with Crippen LogP contribution < -0.4 is 0 Å². The Labute approximate surface area is 156 Å². The Balaban J connectivity index is 1.64. The molecular formula is C22H28O4. The van der Waals surface area contributed by atoms with Gasteiger partial charge in [-0.15, -0.1) is 0 Å². The molecule has 1 heterocycles. The van der Waals surface area contributed by atoms with Crippen LogP contribution in [0.4, 0.5) is 0 Å². The summed E-state index contributed by atoms with van der Waals surface area (Å²) in [4.78, 5) is 0. The predicted molar refractivity (Wildman–Crippen MR) is 101 cm³/mol. The van der Waals surface area contributed by atoms with Crippen molar-refractivity contribution < 1.29 is 18.9 Å². The van der Waals surface area contributed by atoms with Gasteiger partial charge in [0.25, 0.3) is 0 Å². The molecule has 0 bridgehead atoms. The van der Waals surface area contributed by atoms with E-state index in [4.69, 9.17) is 18.9 Å². The molecule has 2 aromatic carbocycles. The molecule has 3 atom stereocenters. The van der Waals surface area contributed by atoms with E-state index >= 15 is 0 Å². The number of hydrogen-bond acceptors (Lipinski definition) is 4. The van der Waals surface area contributed by atoms with Crippen LogP contribution >= 0.6 is 0 Å². The zero-order valence-corrected chi connectivity index (χ0v) is 15.6. The first-order chi connectivity index (χ1) is 12.7. The molecule has 4 heteroatoms. The van der Waals surface area contributed by atoms with Crippen LogP contribution in [0.15, 0.2) is 60.7 Å². The van der Waals surface area contributed by atoms with Crippen molar-refractivity contribution in [2.45, 2.75) is 44.4 Å². The average Bonchev–Trinajstić information content (AvgIpc) is 2.69. The number of ether oxygens (including phenoxy) is 4. The first-order valence-electron chi connectivity index (χ1n) is 9.17. The molecule has 0 N–H and O–H groups in total. The van der Waals surface area contributed by atoms with E-state index < -0.39 is 5.60 Å². The Bertz CT molecular complexity index is 646. The van der Waals surface area contributed by atoms with E-state index in [1.807, 2.05) is 43.3 Å². The molecule has 1 unspecified atom stereocenters. The van der Waals surface area contributed by atoms with Gasteiger partial charge in [-0.25, -0.2) is 0 Å². The van der Waals surface area contributed by atoms with Crippen molar-refractivity contribution in [1.29, 1.82) is 0 Å². The van der Waals surface area contributed by atoms with Gasteiger partial charge < -0.3 is 18.9 Å². The monoisotopic (exact) mass is 356 g/mol. The van der Waals surface area contributed by atoms with Gasteiger partial charge in [0.1, 0.15) is 11.7 Å². The molecule has 1 saturated heterocycles. The lowest BCUT2D eigenvalue weighted by atomic mass is 9.87. The second-order valence-corrected chi connectivity index (χ2v) is 6.79. The summed E-state index contributed by atoms with van der Waals surface area (Å²) in [6.45, 7) is 4.26. The van der Waals surface area contributed by atoms with E-state index in [0.29, 0.717) is 26.4 Å². The van der Waals surface area contributed by atoms with Gasteiger partial charge in [-0.3, -0.25) is 0 Å². The molecule has 4 nitrogen and oxygen atoms in total. The topological polar surface area (TPSA) is 36.9 Å². The smallest absolute Gasteiger partial charge is 0.122 e. The second-order valence-electron chi connectivity index (χ2n) is 6.79. The molecule has 140 valence electrons. The molecule has 0 radical (unpaired) electrons. The summed E-state index contributed by atoms with van der Waals surface area (Å²) < 4.78 is 24.1. The van der Waals surface area contributed by atoms with Crippen molar-refractivity contribution in [3.63, 3.8) is 0 Å². The fourth-order valence-corrected chi connectivity index (χ4v) is 3.47. The van der Waals surface area contributed by atoms with Crippen molar-refractivity contribution in [3.8, 4) is 0 Å².